The third-order valence-corrected chi connectivity index (χ3v) is 2.62. The maximum atomic E-state index is 9.31. The highest BCUT2D eigenvalue weighted by Gasteiger charge is 2.05. The fourth-order valence-corrected chi connectivity index (χ4v) is 1.46. The summed E-state index contributed by atoms with van der Waals surface area (Å²) in [4.78, 5) is 0. The zero-order chi connectivity index (χ0) is 8.43. The summed E-state index contributed by atoms with van der Waals surface area (Å²) in [6.07, 6.45) is -0.382. The summed E-state index contributed by atoms with van der Waals surface area (Å²) in [6, 6.07) is 5.84. The largest absolute Gasteiger partial charge is 0.389 e. The van der Waals surface area contributed by atoms with Gasteiger partial charge in [-0.05, 0) is 31.0 Å². The van der Waals surface area contributed by atoms with Crippen LogP contribution in [0.2, 0.25) is 0 Å². The lowest BCUT2D eigenvalue weighted by Gasteiger charge is -2.09. The first kappa shape index (κ1) is 8.75. The van der Waals surface area contributed by atoms with Crippen LogP contribution in [0.1, 0.15) is 24.2 Å². The summed E-state index contributed by atoms with van der Waals surface area (Å²) < 4.78 is 1.05. The van der Waals surface area contributed by atoms with E-state index in [0.717, 1.165) is 15.6 Å². The molecule has 1 aromatic rings. The summed E-state index contributed by atoms with van der Waals surface area (Å²) in [5, 5.41) is 9.31. The number of hydrogen-bond donors (Lipinski definition) is 1. The smallest absolute Gasteiger partial charge is 0.0764 e. The van der Waals surface area contributed by atoms with E-state index in [-0.39, 0.29) is 6.10 Å². The molecule has 1 unspecified atom stereocenters. The Bertz CT molecular complexity index is 256. The lowest BCUT2D eigenvalue weighted by atomic mass is 10.1. The van der Waals surface area contributed by atoms with Gasteiger partial charge >= 0.3 is 0 Å². The van der Waals surface area contributed by atoms with Crippen LogP contribution in [-0.4, -0.2) is 5.11 Å². The Balaban J connectivity index is 3.17. The minimum atomic E-state index is -0.382. The highest BCUT2D eigenvalue weighted by molar-refractivity contribution is 9.10. The maximum absolute atomic E-state index is 9.31. The van der Waals surface area contributed by atoms with Crippen LogP contribution in [0.5, 0.6) is 0 Å². The molecule has 0 amide bonds. The third-order valence-electron chi connectivity index (χ3n) is 1.76. The van der Waals surface area contributed by atoms with Gasteiger partial charge in [-0.2, -0.15) is 0 Å². The minimum absolute atomic E-state index is 0.382. The summed E-state index contributed by atoms with van der Waals surface area (Å²) in [6.45, 7) is 3.76. The van der Waals surface area contributed by atoms with Gasteiger partial charge in [0.25, 0.3) is 0 Å². The first-order valence-electron chi connectivity index (χ1n) is 3.56. The molecule has 0 aliphatic heterocycles. The Hall–Kier alpha value is -0.340. The van der Waals surface area contributed by atoms with Gasteiger partial charge in [-0.3, -0.25) is 0 Å². The molecule has 1 rings (SSSR count). The second kappa shape index (κ2) is 3.37. The molecule has 0 fully saturated rings. The fourth-order valence-electron chi connectivity index (χ4n) is 1.08. The number of aliphatic hydroxyl groups is 1. The molecule has 0 aliphatic carbocycles. The van der Waals surface area contributed by atoms with Crippen LogP contribution in [0.25, 0.3) is 0 Å². The molecule has 0 aromatic heterocycles. The van der Waals surface area contributed by atoms with Gasteiger partial charge in [0.05, 0.1) is 6.10 Å². The maximum Gasteiger partial charge on any atom is 0.0764 e. The van der Waals surface area contributed by atoms with Crippen molar-refractivity contribution in [2.45, 2.75) is 20.0 Å². The normalized spacial score (nSPS) is 13.1. The molecule has 0 heterocycles. The Kier molecular flexibility index (Phi) is 2.68. The van der Waals surface area contributed by atoms with E-state index in [1.165, 1.54) is 0 Å². The van der Waals surface area contributed by atoms with E-state index in [2.05, 4.69) is 15.9 Å². The second-order valence-electron chi connectivity index (χ2n) is 2.63. The van der Waals surface area contributed by atoms with Crippen molar-refractivity contribution in [2.24, 2.45) is 0 Å². The molecular formula is C9H11BrO. The Labute approximate surface area is 75.2 Å². The van der Waals surface area contributed by atoms with E-state index in [9.17, 15) is 5.11 Å². The topological polar surface area (TPSA) is 20.2 Å². The number of halogens is 1. The third kappa shape index (κ3) is 1.82. The van der Waals surface area contributed by atoms with Crippen LogP contribution >= 0.6 is 15.9 Å². The van der Waals surface area contributed by atoms with Crippen molar-refractivity contribution < 1.29 is 5.11 Å². The lowest BCUT2D eigenvalue weighted by Crippen LogP contribution is -1.94. The van der Waals surface area contributed by atoms with E-state index in [0.29, 0.717) is 0 Å². The second-order valence-corrected chi connectivity index (χ2v) is 3.48. The van der Waals surface area contributed by atoms with Crippen LogP contribution in [0.4, 0.5) is 0 Å². The van der Waals surface area contributed by atoms with Crippen LogP contribution in [-0.2, 0) is 0 Å². The van der Waals surface area contributed by atoms with Crippen molar-refractivity contribution >= 4 is 15.9 Å². The summed E-state index contributed by atoms with van der Waals surface area (Å²) in [5.74, 6) is 0. The van der Waals surface area contributed by atoms with Crippen LogP contribution < -0.4 is 0 Å². The summed E-state index contributed by atoms with van der Waals surface area (Å²) in [7, 11) is 0. The van der Waals surface area contributed by atoms with Crippen LogP contribution in [0, 0.1) is 6.92 Å². The number of rotatable bonds is 1. The number of benzene rings is 1. The van der Waals surface area contributed by atoms with E-state index < -0.39 is 0 Å². The average molecular weight is 215 g/mol. The van der Waals surface area contributed by atoms with Gasteiger partial charge in [0.15, 0.2) is 0 Å². The van der Waals surface area contributed by atoms with Gasteiger partial charge in [-0.1, -0.05) is 28.1 Å². The molecule has 0 saturated heterocycles. The Morgan fingerprint density at radius 2 is 2.09 bits per heavy atom. The fraction of sp³-hybridized carbons (Fsp3) is 0.333. The Morgan fingerprint density at radius 3 is 2.55 bits per heavy atom. The molecule has 1 nitrogen and oxygen atoms in total. The van der Waals surface area contributed by atoms with Gasteiger partial charge in [0.2, 0.25) is 0 Å². The highest BCUT2D eigenvalue weighted by atomic mass is 79.9. The molecule has 0 radical (unpaired) electrons. The quantitative estimate of drug-likeness (QED) is 0.763. The molecule has 60 valence electrons. The molecule has 11 heavy (non-hydrogen) atoms. The molecule has 0 bridgehead atoms. The van der Waals surface area contributed by atoms with Crippen LogP contribution in [0.3, 0.4) is 0 Å². The van der Waals surface area contributed by atoms with Gasteiger partial charge in [-0.25, -0.2) is 0 Å². The lowest BCUT2D eigenvalue weighted by molar-refractivity contribution is 0.198. The van der Waals surface area contributed by atoms with Crippen molar-refractivity contribution in [2.75, 3.05) is 0 Å². The monoisotopic (exact) mass is 214 g/mol. The first-order valence-corrected chi connectivity index (χ1v) is 4.35. The summed E-state index contributed by atoms with van der Waals surface area (Å²) in [5.41, 5.74) is 2.10. The Morgan fingerprint density at radius 1 is 1.45 bits per heavy atom. The van der Waals surface area contributed by atoms with Crippen molar-refractivity contribution in [1.29, 1.82) is 0 Å². The zero-order valence-corrected chi connectivity index (χ0v) is 8.22. The molecule has 0 spiro atoms. The average Bonchev–Trinajstić information content (AvgIpc) is 1.94. The molecule has 2 heteroatoms. The van der Waals surface area contributed by atoms with Crippen LogP contribution in [0.15, 0.2) is 22.7 Å². The van der Waals surface area contributed by atoms with E-state index in [1.807, 2.05) is 25.1 Å². The standard InChI is InChI=1S/C9H11BrO/c1-6-8(7(2)11)4-3-5-9(6)10/h3-5,7,11H,1-2H3. The van der Waals surface area contributed by atoms with Crippen molar-refractivity contribution in [3.8, 4) is 0 Å². The van der Waals surface area contributed by atoms with Gasteiger partial charge in [0.1, 0.15) is 0 Å². The van der Waals surface area contributed by atoms with Crippen molar-refractivity contribution in [1.82, 2.24) is 0 Å². The number of aliphatic hydroxyl groups excluding tert-OH is 1. The first-order chi connectivity index (χ1) is 5.13. The predicted octanol–water partition coefficient (Wildman–Crippen LogP) is 2.81. The minimum Gasteiger partial charge on any atom is -0.389 e. The molecular weight excluding hydrogens is 204 g/mol. The van der Waals surface area contributed by atoms with Gasteiger partial charge < -0.3 is 5.11 Å². The predicted molar refractivity (Wildman–Crippen MR) is 49.5 cm³/mol. The van der Waals surface area contributed by atoms with Gasteiger partial charge in [0, 0.05) is 4.47 Å². The van der Waals surface area contributed by atoms with Crippen molar-refractivity contribution in [3.63, 3.8) is 0 Å². The molecule has 1 aromatic carbocycles. The highest BCUT2D eigenvalue weighted by Crippen LogP contribution is 2.23. The molecule has 1 atom stereocenters. The van der Waals surface area contributed by atoms with Crippen molar-refractivity contribution in [3.05, 3.63) is 33.8 Å². The molecule has 0 saturated carbocycles. The SMILES string of the molecule is Cc1c(Br)cccc1C(C)O. The van der Waals surface area contributed by atoms with Gasteiger partial charge in [-0.15, -0.1) is 0 Å². The molecule has 0 aliphatic rings. The van der Waals surface area contributed by atoms with E-state index >= 15 is 0 Å². The zero-order valence-electron chi connectivity index (χ0n) is 6.63. The van der Waals surface area contributed by atoms with E-state index in [4.69, 9.17) is 0 Å². The molecule has 1 N–H and O–H groups in total. The number of hydrogen-bond acceptors (Lipinski definition) is 1. The van der Waals surface area contributed by atoms with E-state index in [1.54, 1.807) is 6.92 Å². The summed E-state index contributed by atoms with van der Waals surface area (Å²) >= 11 is 3.40.